The van der Waals surface area contributed by atoms with Gasteiger partial charge in [-0.1, -0.05) is 97.1 Å². The Morgan fingerprint density at radius 2 is 1.43 bits per heavy atom. The van der Waals surface area contributed by atoms with Crippen molar-refractivity contribution in [1.82, 2.24) is 4.90 Å². The molecule has 4 heteroatoms. The average molecular weight is 395 g/mol. The van der Waals surface area contributed by atoms with Crippen molar-refractivity contribution >= 4 is 17.8 Å². The highest BCUT2D eigenvalue weighted by molar-refractivity contribution is 6.14. The van der Waals surface area contributed by atoms with Crippen molar-refractivity contribution in [2.24, 2.45) is 0 Å². The van der Waals surface area contributed by atoms with Crippen molar-refractivity contribution in [2.75, 3.05) is 0 Å². The Labute approximate surface area is 175 Å². The summed E-state index contributed by atoms with van der Waals surface area (Å²) in [6, 6.07) is 27.6. The van der Waals surface area contributed by atoms with E-state index in [1.807, 2.05) is 91.0 Å². The molecule has 0 aliphatic carbocycles. The molecule has 148 valence electrons. The average Bonchev–Trinajstić information content (AvgIpc) is 3.04. The third-order valence-corrected chi connectivity index (χ3v) is 5.11. The fourth-order valence-corrected chi connectivity index (χ4v) is 3.66. The zero-order valence-electron chi connectivity index (χ0n) is 16.3. The van der Waals surface area contributed by atoms with Crippen LogP contribution in [0.5, 0.6) is 0 Å². The van der Waals surface area contributed by atoms with Crippen LogP contribution in [-0.2, 0) is 16.1 Å². The first-order valence-electron chi connectivity index (χ1n) is 9.75. The molecule has 3 aromatic rings. The molecule has 4 nitrogen and oxygen atoms in total. The predicted octanol–water partition coefficient (Wildman–Crippen LogP) is 4.86. The number of aliphatic hydroxyl groups excluding tert-OH is 1. The minimum atomic E-state index is -0.646. The third-order valence-electron chi connectivity index (χ3n) is 5.11. The fourth-order valence-electron chi connectivity index (χ4n) is 3.66. The second-order valence-corrected chi connectivity index (χ2v) is 7.10. The van der Waals surface area contributed by atoms with Crippen molar-refractivity contribution < 1.29 is 14.7 Å². The Bertz CT molecular complexity index is 1100. The number of hydrogen-bond acceptors (Lipinski definition) is 3. The maximum atomic E-state index is 13.1. The lowest BCUT2D eigenvalue weighted by Crippen LogP contribution is -2.30. The van der Waals surface area contributed by atoms with E-state index in [0.717, 1.165) is 16.7 Å². The molecule has 0 fully saturated rings. The SMILES string of the molecule is O=C(C=Cc1ccccc1)C1=C(O)C(=O)N(Cc2ccccc2)C1c1ccccc1. The number of carbonyl (C=O) groups is 2. The molecule has 1 unspecified atom stereocenters. The highest BCUT2D eigenvalue weighted by atomic mass is 16.3. The van der Waals surface area contributed by atoms with E-state index in [2.05, 4.69) is 0 Å². The molecule has 1 heterocycles. The predicted molar refractivity (Wildman–Crippen MR) is 116 cm³/mol. The van der Waals surface area contributed by atoms with Crippen LogP contribution >= 0.6 is 0 Å². The molecule has 1 aliphatic heterocycles. The second kappa shape index (κ2) is 8.62. The van der Waals surface area contributed by atoms with Gasteiger partial charge in [-0.05, 0) is 22.8 Å². The van der Waals surface area contributed by atoms with E-state index in [-0.39, 0.29) is 11.4 Å². The maximum absolute atomic E-state index is 13.1. The molecule has 0 aromatic heterocycles. The van der Waals surface area contributed by atoms with E-state index in [1.54, 1.807) is 11.0 Å². The van der Waals surface area contributed by atoms with E-state index in [0.29, 0.717) is 6.54 Å². The number of amides is 1. The highest BCUT2D eigenvalue weighted by Crippen LogP contribution is 2.38. The number of nitrogens with zero attached hydrogens (tertiary/aromatic N) is 1. The molecule has 30 heavy (non-hydrogen) atoms. The largest absolute Gasteiger partial charge is 0.503 e. The van der Waals surface area contributed by atoms with E-state index < -0.39 is 17.7 Å². The van der Waals surface area contributed by atoms with Gasteiger partial charge in [-0.25, -0.2) is 0 Å². The molecule has 0 radical (unpaired) electrons. The first-order valence-corrected chi connectivity index (χ1v) is 9.75. The van der Waals surface area contributed by atoms with Crippen molar-refractivity contribution in [2.45, 2.75) is 12.6 Å². The molecule has 3 aromatic carbocycles. The van der Waals surface area contributed by atoms with Crippen LogP contribution in [0.25, 0.3) is 6.08 Å². The summed E-state index contributed by atoms with van der Waals surface area (Å²) in [5.74, 6) is -1.40. The van der Waals surface area contributed by atoms with Crippen LogP contribution in [0.1, 0.15) is 22.7 Å². The zero-order valence-corrected chi connectivity index (χ0v) is 16.3. The zero-order chi connectivity index (χ0) is 20.9. The Hall–Kier alpha value is -3.92. The molecule has 1 N–H and O–H groups in total. The van der Waals surface area contributed by atoms with Gasteiger partial charge < -0.3 is 10.0 Å². The van der Waals surface area contributed by atoms with E-state index >= 15 is 0 Å². The number of allylic oxidation sites excluding steroid dienone is 1. The lowest BCUT2D eigenvalue weighted by molar-refractivity contribution is -0.130. The van der Waals surface area contributed by atoms with Gasteiger partial charge in [-0.2, -0.15) is 0 Å². The summed E-state index contributed by atoms with van der Waals surface area (Å²) in [6.07, 6.45) is 3.10. The molecule has 0 saturated heterocycles. The molecular weight excluding hydrogens is 374 g/mol. The topological polar surface area (TPSA) is 57.6 Å². The standard InChI is InChI=1S/C26H21NO3/c28-22(17-16-19-10-4-1-5-11-19)23-24(21-14-8-3-9-15-21)27(26(30)25(23)29)18-20-12-6-2-7-13-20/h1-17,24,29H,18H2. The van der Waals surface area contributed by atoms with Gasteiger partial charge in [0.15, 0.2) is 11.5 Å². The second-order valence-electron chi connectivity index (χ2n) is 7.10. The number of benzene rings is 3. The van der Waals surface area contributed by atoms with Gasteiger partial charge in [0.25, 0.3) is 5.91 Å². The first-order chi connectivity index (χ1) is 14.6. The minimum Gasteiger partial charge on any atom is -0.503 e. The summed E-state index contributed by atoms with van der Waals surface area (Å²) in [4.78, 5) is 27.5. The molecule has 0 bridgehead atoms. The first kappa shape index (κ1) is 19.4. The van der Waals surface area contributed by atoms with E-state index in [4.69, 9.17) is 0 Å². The Kier molecular flexibility index (Phi) is 5.57. The summed E-state index contributed by atoms with van der Waals surface area (Å²) >= 11 is 0. The summed E-state index contributed by atoms with van der Waals surface area (Å²) < 4.78 is 0. The van der Waals surface area contributed by atoms with Gasteiger partial charge in [0.2, 0.25) is 0 Å². The van der Waals surface area contributed by atoms with Crippen molar-refractivity contribution in [3.8, 4) is 0 Å². The van der Waals surface area contributed by atoms with Crippen LogP contribution in [-0.4, -0.2) is 21.7 Å². The van der Waals surface area contributed by atoms with Crippen molar-refractivity contribution in [3.63, 3.8) is 0 Å². The Morgan fingerprint density at radius 1 is 0.867 bits per heavy atom. The normalized spacial score (nSPS) is 16.5. The quantitative estimate of drug-likeness (QED) is 0.606. The lowest BCUT2D eigenvalue weighted by atomic mass is 9.95. The van der Waals surface area contributed by atoms with E-state index in [9.17, 15) is 14.7 Å². The number of ketones is 1. The van der Waals surface area contributed by atoms with Crippen molar-refractivity contribution in [1.29, 1.82) is 0 Å². The van der Waals surface area contributed by atoms with Gasteiger partial charge in [-0.3, -0.25) is 9.59 Å². The monoisotopic (exact) mass is 395 g/mol. The molecule has 0 saturated carbocycles. The molecule has 1 amide bonds. The number of rotatable bonds is 6. The molecule has 1 atom stereocenters. The van der Waals surface area contributed by atoms with Gasteiger partial charge in [0.05, 0.1) is 11.6 Å². The van der Waals surface area contributed by atoms with Gasteiger partial charge in [0.1, 0.15) is 0 Å². The molecule has 4 rings (SSSR count). The van der Waals surface area contributed by atoms with Crippen LogP contribution in [0.4, 0.5) is 0 Å². The summed E-state index contributed by atoms with van der Waals surface area (Å²) in [7, 11) is 0. The lowest BCUT2D eigenvalue weighted by Gasteiger charge is -2.26. The Morgan fingerprint density at radius 3 is 2.07 bits per heavy atom. The highest BCUT2D eigenvalue weighted by Gasteiger charge is 2.42. The smallest absolute Gasteiger partial charge is 0.290 e. The molecule has 1 aliphatic rings. The fraction of sp³-hybridized carbons (Fsp3) is 0.0769. The minimum absolute atomic E-state index is 0.106. The van der Waals surface area contributed by atoms with Crippen LogP contribution in [0.2, 0.25) is 0 Å². The van der Waals surface area contributed by atoms with E-state index in [1.165, 1.54) is 6.08 Å². The number of carbonyl (C=O) groups excluding carboxylic acids is 2. The van der Waals surface area contributed by atoms with Crippen LogP contribution in [0.15, 0.2) is 108 Å². The number of hydrogen-bond donors (Lipinski definition) is 1. The summed E-state index contributed by atoms with van der Waals surface area (Å²) in [5, 5.41) is 10.6. The van der Waals surface area contributed by atoms with Crippen LogP contribution in [0, 0.1) is 0 Å². The molecular formula is C26H21NO3. The third kappa shape index (κ3) is 3.94. The molecule has 0 spiro atoms. The van der Waals surface area contributed by atoms with Gasteiger partial charge in [-0.15, -0.1) is 0 Å². The maximum Gasteiger partial charge on any atom is 0.290 e. The summed E-state index contributed by atoms with van der Waals surface area (Å²) in [5.41, 5.74) is 2.68. The van der Waals surface area contributed by atoms with Crippen LogP contribution in [0.3, 0.4) is 0 Å². The van der Waals surface area contributed by atoms with Crippen LogP contribution < -0.4 is 0 Å². The van der Waals surface area contributed by atoms with Gasteiger partial charge >= 0.3 is 0 Å². The number of aliphatic hydroxyl groups is 1. The van der Waals surface area contributed by atoms with Crippen molar-refractivity contribution in [3.05, 3.63) is 125 Å². The summed E-state index contributed by atoms with van der Waals surface area (Å²) in [6.45, 7) is 0.294. The Balaban J connectivity index is 1.70. The van der Waals surface area contributed by atoms with Gasteiger partial charge in [0, 0.05) is 6.54 Å².